The van der Waals surface area contributed by atoms with Crippen LogP contribution in [0.1, 0.15) is 13.3 Å². The molecule has 1 heterocycles. The molecule has 1 rings (SSSR count). The second-order valence-electron chi connectivity index (χ2n) is 1.85. The van der Waals surface area contributed by atoms with Gasteiger partial charge in [0.15, 0.2) is 0 Å². The summed E-state index contributed by atoms with van der Waals surface area (Å²) in [4.78, 5) is 0.593. The van der Waals surface area contributed by atoms with E-state index in [0.29, 0.717) is 10.1 Å². The van der Waals surface area contributed by atoms with Gasteiger partial charge in [0.05, 0.1) is 0 Å². The summed E-state index contributed by atoms with van der Waals surface area (Å²) in [5, 5.41) is 0.676. The maximum absolute atomic E-state index is 4.05. The summed E-state index contributed by atoms with van der Waals surface area (Å²) in [6.07, 6.45) is 3.10. The second-order valence-corrected chi connectivity index (χ2v) is 4.32. The molecular formula is C5H8BrNS. The number of hydrogen-bond donors (Lipinski definition) is 0. The van der Waals surface area contributed by atoms with Crippen LogP contribution in [0.5, 0.6) is 0 Å². The van der Waals surface area contributed by atoms with E-state index in [-0.39, 0.29) is 0 Å². The average molecular weight is 194 g/mol. The molecule has 0 N–H and O–H groups in total. The van der Waals surface area contributed by atoms with Gasteiger partial charge in [-0.2, -0.15) is 0 Å². The third-order valence-electron chi connectivity index (χ3n) is 1.12. The van der Waals surface area contributed by atoms with Crippen LogP contribution in [0.4, 0.5) is 0 Å². The van der Waals surface area contributed by atoms with Crippen LogP contribution in [0.25, 0.3) is 0 Å². The SMILES string of the molecule is CC(Br)C1CC=NS1. The van der Waals surface area contributed by atoms with E-state index in [1.54, 1.807) is 11.9 Å². The van der Waals surface area contributed by atoms with E-state index in [1.165, 1.54) is 0 Å². The Bertz CT molecular complexity index is 94.6. The maximum atomic E-state index is 4.05. The molecule has 1 aliphatic rings. The lowest BCUT2D eigenvalue weighted by Gasteiger charge is -2.07. The molecular weight excluding hydrogens is 186 g/mol. The van der Waals surface area contributed by atoms with Crippen molar-refractivity contribution in [3.63, 3.8) is 0 Å². The highest BCUT2D eigenvalue weighted by Crippen LogP contribution is 2.27. The first-order valence-corrected chi connectivity index (χ1v) is 4.37. The van der Waals surface area contributed by atoms with Crippen molar-refractivity contribution < 1.29 is 0 Å². The fourth-order valence-corrected chi connectivity index (χ4v) is 1.76. The molecule has 0 spiro atoms. The summed E-state index contributed by atoms with van der Waals surface area (Å²) in [5.41, 5.74) is 0. The minimum atomic E-state index is 0.593. The molecule has 2 unspecified atom stereocenters. The Balaban J connectivity index is 2.29. The number of alkyl halides is 1. The topological polar surface area (TPSA) is 12.4 Å². The standard InChI is InChI=1S/C5H8BrNS/c1-4(6)5-2-3-7-8-5/h3-5H,2H2,1H3. The summed E-state index contributed by atoms with van der Waals surface area (Å²) in [5.74, 6) is 0. The molecule has 0 fully saturated rings. The van der Waals surface area contributed by atoms with Crippen LogP contribution in [0, 0.1) is 0 Å². The predicted molar refractivity (Wildman–Crippen MR) is 42.9 cm³/mol. The van der Waals surface area contributed by atoms with Gasteiger partial charge in [-0.15, -0.1) is 0 Å². The molecule has 0 aromatic rings. The van der Waals surface area contributed by atoms with E-state index in [4.69, 9.17) is 0 Å². The zero-order valence-electron chi connectivity index (χ0n) is 4.67. The quantitative estimate of drug-likeness (QED) is 0.460. The average Bonchev–Trinajstić information content (AvgIpc) is 2.12. The van der Waals surface area contributed by atoms with E-state index in [9.17, 15) is 0 Å². The molecule has 1 aliphatic heterocycles. The number of hydrogen-bond acceptors (Lipinski definition) is 2. The van der Waals surface area contributed by atoms with Crippen molar-refractivity contribution in [2.75, 3.05) is 0 Å². The summed E-state index contributed by atoms with van der Waals surface area (Å²) in [6.45, 7) is 2.16. The first kappa shape index (κ1) is 6.62. The van der Waals surface area contributed by atoms with Crippen molar-refractivity contribution in [2.45, 2.75) is 23.4 Å². The van der Waals surface area contributed by atoms with Crippen LogP contribution in [-0.4, -0.2) is 16.3 Å². The lowest BCUT2D eigenvalue weighted by atomic mass is 10.3. The molecule has 0 bridgehead atoms. The van der Waals surface area contributed by atoms with Gasteiger partial charge in [0.25, 0.3) is 0 Å². The smallest absolute Gasteiger partial charge is 0.0438 e. The van der Waals surface area contributed by atoms with Gasteiger partial charge in [0, 0.05) is 16.3 Å². The molecule has 0 aromatic heterocycles. The minimum absolute atomic E-state index is 0.593. The van der Waals surface area contributed by atoms with Gasteiger partial charge in [-0.3, -0.25) is 0 Å². The molecule has 2 atom stereocenters. The Morgan fingerprint density at radius 2 is 2.75 bits per heavy atom. The van der Waals surface area contributed by atoms with Crippen molar-refractivity contribution in [3.8, 4) is 0 Å². The van der Waals surface area contributed by atoms with E-state index < -0.39 is 0 Å². The summed E-state index contributed by atoms with van der Waals surface area (Å²) >= 11 is 5.17. The Morgan fingerprint density at radius 3 is 3.00 bits per heavy atom. The Hall–Kier alpha value is 0.500. The number of rotatable bonds is 1. The van der Waals surface area contributed by atoms with Crippen molar-refractivity contribution in [3.05, 3.63) is 0 Å². The molecule has 0 saturated carbocycles. The van der Waals surface area contributed by atoms with E-state index >= 15 is 0 Å². The van der Waals surface area contributed by atoms with E-state index in [0.717, 1.165) is 6.42 Å². The first-order valence-electron chi connectivity index (χ1n) is 2.62. The summed E-state index contributed by atoms with van der Waals surface area (Å²) < 4.78 is 4.05. The van der Waals surface area contributed by atoms with Crippen molar-refractivity contribution >= 4 is 34.1 Å². The van der Waals surface area contributed by atoms with Crippen molar-refractivity contribution in [2.24, 2.45) is 4.40 Å². The Morgan fingerprint density at radius 1 is 2.00 bits per heavy atom. The van der Waals surface area contributed by atoms with E-state index in [2.05, 4.69) is 27.3 Å². The first-order chi connectivity index (χ1) is 3.80. The second kappa shape index (κ2) is 2.87. The van der Waals surface area contributed by atoms with Gasteiger partial charge in [-0.25, -0.2) is 4.40 Å². The van der Waals surface area contributed by atoms with Crippen molar-refractivity contribution in [1.82, 2.24) is 0 Å². The lowest BCUT2D eigenvalue weighted by Crippen LogP contribution is -2.09. The molecule has 0 amide bonds. The lowest BCUT2D eigenvalue weighted by molar-refractivity contribution is 0.909. The minimum Gasteiger partial charge on any atom is -0.229 e. The zero-order valence-corrected chi connectivity index (χ0v) is 7.08. The van der Waals surface area contributed by atoms with Gasteiger partial charge in [0.2, 0.25) is 0 Å². The normalized spacial score (nSPS) is 31.0. The third-order valence-corrected chi connectivity index (χ3v) is 3.25. The molecule has 0 radical (unpaired) electrons. The molecule has 46 valence electrons. The highest BCUT2D eigenvalue weighted by molar-refractivity contribution is 9.09. The van der Waals surface area contributed by atoms with Crippen LogP contribution in [0.2, 0.25) is 0 Å². The van der Waals surface area contributed by atoms with Gasteiger partial charge >= 0.3 is 0 Å². The van der Waals surface area contributed by atoms with Crippen LogP contribution >= 0.6 is 27.9 Å². The Kier molecular flexibility index (Phi) is 2.38. The zero-order chi connectivity index (χ0) is 5.98. The van der Waals surface area contributed by atoms with Gasteiger partial charge in [-0.1, -0.05) is 22.9 Å². The van der Waals surface area contributed by atoms with Gasteiger partial charge < -0.3 is 0 Å². The molecule has 3 heteroatoms. The van der Waals surface area contributed by atoms with Gasteiger partial charge in [0.1, 0.15) is 0 Å². The van der Waals surface area contributed by atoms with Gasteiger partial charge in [-0.05, 0) is 18.4 Å². The number of halogens is 1. The van der Waals surface area contributed by atoms with Crippen LogP contribution < -0.4 is 0 Å². The predicted octanol–water partition coefficient (Wildman–Crippen LogP) is 2.26. The molecule has 8 heavy (non-hydrogen) atoms. The van der Waals surface area contributed by atoms with Crippen LogP contribution in [-0.2, 0) is 0 Å². The largest absolute Gasteiger partial charge is 0.229 e. The molecule has 0 saturated heterocycles. The van der Waals surface area contributed by atoms with E-state index in [1.807, 2.05) is 6.21 Å². The highest BCUT2D eigenvalue weighted by Gasteiger charge is 2.16. The molecule has 0 aromatic carbocycles. The summed E-state index contributed by atoms with van der Waals surface area (Å²) in [6, 6.07) is 0. The Labute approximate surface area is 62.2 Å². The van der Waals surface area contributed by atoms with Crippen LogP contribution in [0.15, 0.2) is 4.40 Å². The van der Waals surface area contributed by atoms with Crippen molar-refractivity contribution in [1.29, 1.82) is 0 Å². The number of nitrogens with zero attached hydrogens (tertiary/aromatic N) is 1. The third kappa shape index (κ3) is 1.49. The molecule has 0 aliphatic carbocycles. The van der Waals surface area contributed by atoms with Crippen LogP contribution in [0.3, 0.4) is 0 Å². The highest BCUT2D eigenvalue weighted by atomic mass is 79.9. The summed E-state index contributed by atoms with van der Waals surface area (Å²) in [7, 11) is 0. The fourth-order valence-electron chi connectivity index (χ4n) is 0.583. The monoisotopic (exact) mass is 193 g/mol. The fraction of sp³-hybridized carbons (Fsp3) is 0.800. The maximum Gasteiger partial charge on any atom is 0.0438 e. The molecule has 1 nitrogen and oxygen atoms in total.